The van der Waals surface area contributed by atoms with Crippen LogP contribution in [0.2, 0.25) is 0 Å². The largest absolute Gasteiger partial charge is 0.265 e. The van der Waals surface area contributed by atoms with Crippen molar-refractivity contribution in [1.82, 2.24) is 0 Å². The molecule has 1 aliphatic heterocycles. The van der Waals surface area contributed by atoms with Crippen molar-refractivity contribution in [3.05, 3.63) is 41.8 Å². The molecule has 0 N–H and O–H groups in total. The molecule has 1 heteroatoms. The minimum absolute atomic E-state index is 0.419. The van der Waals surface area contributed by atoms with E-state index in [2.05, 4.69) is 16.8 Å². The van der Waals surface area contributed by atoms with Crippen molar-refractivity contribution in [1.29, 1.82) is 0 Å². The second-order valence-electron chi connectivity index (χ2n) is 2.31. The molecule has 2 rings (SSSR count). The lowest BCUT2D eigenvalue weighted by molar-refractivity contribution is 1.00. The highest BCUT2D eigenvalue weighted by atomic mass is 14.7. The topological polar surface area (TPSA) is 12.4 Å². The number of hydrogen-bond donors (Lipinski definition) is 0. The molecule has 0 aromatic rings. The number of aliphatic imine (C=N–C) groups is 1. The minimum atomic E-state index is 0.419. The average Bonchev–Trinajstić information content (AvgIpc) is 2.05. The minimum Gasteiger partial charge on any atom is -0.265 e. The van der Waals surface area contributed by atoms with Crippen LogP contribution in [0.1, 0.15) is 0 Å². The van der Waals surface area contributed by atoms with Gasteiger partial charge in [0.05, 0.1) is 0 Å². The monoisotopic (exact) mass is 129 g/mol. The van der Waals surface area contributed by atoms with Crippen LogP contribution in [0.15, 0.2) is 46.8 Å². The van der Waals surface area contributed by atoms with Crippen LogP contribution < -0.4 is 0 Å². The third-order valence-electron chi connectivity index (χ3n) is 1.64. The summed E-state index contributed by atoms with van der Waals surface area (Å²) in [6.07, 6.45) is 11.8. The van der Waals surface area contributed by atoms with Gasteiger partial charge in [-0.3, -0.25) is 4.99 Å². The molecule has 1 atom stereocenters. The lowest BCUT2D eigenvalue weighted by Crippen LogP contribution is -2.02. The second-order valence-corrected chi connectivity index (χ2v) is 2.31. The van der Waals surface area contributed by atoms with Crippen LogP contribution in [-0.2, 0) is 0 Å². The van der Waals surface area contributed by atoms with Crippen LogP contribution in [-0.4, -0.2) is 6.21 Å². The van der Waals surface area contributed by atoms with Crippen molar-refractivity contribution >= 4 is 6.21 Å². The summed E-state index contributed by atoms with van der Waals surface area (Å²) in [5, 5.41) is 0. The van der Waals surface area contributed by atoms with Crippen molar-refractivity contribution in [3.8, 4) is 0 Å². The van der Waals surface area contributed by atoms with E-state index in [0.717, 1.165) is 0 Å². The summed E-state index contributed by atoms with van der Waals surface area (Å²) < 4.78 is 0. The maximum absolute atomic E-state index is 4.02. The number of hydrogen-bond acceptors (Lipinski definition) is 1. The molecular formula is C9H7N. The first kappa shape index (κ1) is 5.45. The Morgan fingerprint density at radius 2 is 2.50 bits per heavy atom. The van der Waals surface area contributed by atoms with Crippen LogP contribution in [0.5, 0.6) is 0 Å². The molecule has 1 unspecified atom stereocenters. The number of fused-ring (bicyclic) bond motifs is 1. The van der Waals surface area contributed by atoms with Crippen LogP contribution in [0.3, 0.4) is 0 Å². The van der Waals surface area contributed by atoms with Gasteiger partial charge in [-0.2, -0.15) is 0 Å². The first-order chi connectivity index (χ1) is 4.97. The highest BCUT2D eigenvalue weighted by molar-refractivity contribution is 5.82. The number of nitrogens with zero attached hydrogens (tertiary/aromatic N) is 1. The molecule has 0 bridgehead atoms. The zero-order valence-electron chi connectivity index (χ0n) is 5.49. The van der Waals surface area contributed by atoms with E-state index in [0.29, 0.717) is 5.92 Å². The van der Waals surface area contributed by atoms with Crippen molar-refractivity contribution in [2.75, 3.05) is 0 Å². The van der Waals surface area contributed by atoms with Crippen LogP contribution >= 0.6 is 0 Å². The van der Waals surface area contributed by atoms with Crippen molar-refractivity contribution < 1.29 is 0 Å². The molecule has 1 heterocycles. The molecule has 2 aliphatic rings. The molecule has 0 radical (unpaired) electrons. The van der Waals surface area contributed by atoms with Gasteiger partial charge in [0.15, 0.2) is 0 Å². The number of rotatable bonds is 0. The van der Waals surface area contributed by atoms with Crippen molar-refractivity contribution in [2.24, 2.45) is 10.9 Å². The lowest BCUT2D eigenvalue weighted by atomic mass is 9.96. The molecular weight excluding hydrogens is 122 g/mol. The van der Waals surface area contributed by atoms with Gasteiger partial charge in [-0.05, 0) is 23.8 Å². The van der Waals surface area contributed by atoms with Gasteiger partial charge in [-0.25, -0.2) is 0 Å². The highest BCUT2D eigenvalue weighted by Crippen LogP contribution is 2.18. The summed E-state index contributed by atoms with van der Waals surface area (Å²) in [6.45, 7) is 0. The van der Waals surface area contributed by atoms with Gasteiger partial charge in [-0.15, -0.1) is 5.73 Å². The zero-order valence-corrected chi connectivity index (χ0v) is 5.49. The van der Waals surface area contributed by atoms with E-state index in [9.17, 15) is 0 Å². The van der Waals surface area contributed by atoms with Crippen molar-refractivity contribution in [3.63, 3.8) is 0 Å². The Morgan fingerprint density at radius 3 is 3.40 bits per heavy atom. The van der Waals surface area contributed by atoms with Gasteiger partial charge in [0.25, 0.3) is 0 Å². The third kappa shape index (κ3) is 0.772. The maximum Gasteiger partial charge on any atom is 0.0309 e. The summed E-state index contributed by atoms with van der Waals surface area (Å²) >= 11 is 0. The van der Waals surface area contributed by atoms with Gasteiger partial charge in [-0.1, -0.05) is 6.08 Å². The highest BCUT2D eigenvalue weighted by Gasteiger charge is 2.08. The van der Waals surface area contributed by atoms with Crippen LogP contribution in [0.25, 0.3) is 0 Å². The Kier molecular flexibility index (Phi) is 1.16. The molecule has 0 saturated carbocycles. The molecule has 0 saturated heterocycles. The Bertz CT molecular complexity index is 286. The fourth-order valence-corrected chi connectivity index (χ4v) is 1.08. The molecule has 0 aromatic carbocycles. The molecule has 0 fully saturated rings. The quantitative estimate of drug-likeness (QED) is 0.442. The van der Waals surface area contributed by atoms with Crippen molar-refractivity contribution in [2.45, 2.75) is 0 Å². The summed E-state index contributed by atoms with van der Waals surface area (Å²) in [5.41, 5.74) is 4.30. The van der Waals surface area contributed by atoms with Gasteiger partial charge in [0.2, 0.25) is 0 Å². The average molecular weight is 129 g/mol. The normalized spacial score (nSPS) is 26.4. The standard InChI is InChI=1S/C9H7N/c1-2-4-9-7-10-6-5-8(9)3-1/h2-8H. The Balaban J connectivity index is 2.45. The molecule has 48 valence electrons. The van der Waals surface area contributed by atoms with E-state index >= 15 is 0 Å². The summed E-state index contributed by atoms with van der Waals surface area (Å²) in [4.78, 5) is 4.02. The smallest absolute Gasteiger partial charge is 0.0309 e. The van der Waals surface area contributed by atoms with E-state index in [1.54, 1.807) is 0 Å². The summed E-state index contributed by atoms with van der Waals surface area (Å²) in [7, 11) is 0. The molecule has 0 spiro atoms. The van der Waals surface area contributed by atoms with Crippen LogP contribution in [0, 0.1) is 5.92 Å². The molecule has 1 nitrogen and oxygen atoms in total. The predicted molar refractivity (Wildman–Crippen MR) is 41.9 cm³/mol. The second kappa shape index (κ2) is 2.13. The molecule has 10 heavy (non-hydrogen) atoms. The molecule has 0 amide bonds. The SMILES string of the molecule is C1=CC=C2C=NC=CC2C=1. The third-order valence-corrected chi connectivity index (χ3v) is 1.64. The van der Waals surface area contributed by atoms with E-state index in [-0.39, 0.29) is 0 Å². The van der Waals surface area contributed by atoms with Crippen LogP contribution in [0.4, 0.5) is 0 Å². The maximum atomic E-state index is 4.02. The molecule has 0 aromatic heterocycles. The Labute approximate surface area is 59.8 Å². The Hall–Kier alpha value is -1.33. The van der Waals surface area contributed by atoms with E-state index in [1.807, 2.05) is 30.6 Å². The zero-order chi connectivity index (χ0) is 6.81. The van der Waals surface area contributed by atoms with E-state index < -0.39 is 0 Å². The lowest BCUT2D eigenvalue weighted by Gasteiger charge is -2.11. The predicted octanol–water partition coefficient (Wildman–Crippen LogP) is 1.85. The molecule has 1 aliphatic carbocycles. The van der Waals surface area contributed by atoms with Gasteiger partial charge >= 0.3 is 0 Å². The van der Waals surface area contributed by atoms with Gasteiger partial charge in [0, 0.05) is 18.3 Å². The first-order valence-corrected chi connectivity index (χ1v) is 3.29. The van der Waals surface area contributed by atoms with E-state index in [1.165, 1.54) is 5.57 Å². The summed E-state index contributed by atoms with van der Waals surface area (Å²) in [5.74, 6) is 0.419. The van der Waals surface area contributed by atoms with E-state index in [4.69, 9.17) is 0 Å². The first-order valence-electron chi connectivity index (χ1n) is 3.29. The number of allylic oxidation sites excluding steroid dienone is 4. The summed E-state index contributed by atoms with van der Waals surface area (Å²) in [6, 6.07) is 0. The van der Waals surface area contributed by atoms with Gasteiger partial charge in [0.1, 0.15) is 0 Å². The Morgan fingerprint density at radius 1 is 1.50 bits per heavy atom. The fourth-order valence-electron chi connectivity index (χ4n) is 1.08. The van der Waals surface area contributed by atoms with Gasteiger partial charge < -0.3 is 0 Å². The fraction of sp³-hybridized carbons (Fsp3) is 0.111.